The largest absolute Gasteiger partial charge is 0.497 e. The molecule has 5 rings (SSSR count). The number of pyridine rings is 1. The first kappa shape index (κ1) is 19.5. The van der Waals surface area contributed by atoms with Gasteiger partial charge in [-0.1, -0.05) is 6.07 Å². The maximum absolute atomic E-state index is 13.3. The van der Waals surface area contributed by atoms with E-state index >= 15 is 0 Å². The van der Waals surface area contributed by atoms with Gasteiger partial charge in [0.05, 0.1) is 19.8 Å². The number of ether oxygens (including phenoxy) is 2. The Bertz CT molecular complexity index is 1080. The minimum atomic E-state index is -3.52. The molecule has 1 amide bonds. The Morgan fingerprint density at radius 2 is 2.07 bits per heavy atom. The zero-order valence-corrected chi connectivity index (χ0v) is 17.4. The molecule has 158 valence electrons. The van der Waals surface area contributed by atoms with E-state index in [4.69, 9.17) is 9.47 Å². The Balaban J connectivity index is 1.40. The summed E-state index contributed by atoms with van der Waals surface area (Å²) in [5.74, 6) is 0.479. The maximum Gasteiger partial charge on any atom is 0.254 e. The van der Waals surface area contributed by atoms with Gasteiger partial charge >= 0.3 is 0 Å². The smallest absolute Gasteiger partial charge is 0.254 e. The van der Waals surface area contributed by atoms with Crippen LogP contribution < -0.4 is 4.74 Å². The number of hydrogen-bond acceptors (Lipinski definition) is 6. The molecule has 3 saturated heterocycles. The molecule has 0 unspecified atom stereocenters. The van der Waals surface area contributed by atoms with Crippen LogP contribution in [0.5, 0.6) is 5.75 Å². The summed E-state index contributed by atoms with van der Waals surface area (Å²) >= 11 is 0. The molecule has 0 N–H and O–H groups in total. The molecule has 1 aromatic heterocycles. The van der Waals surface area contributed by atoms with Crippen molar-refractivity contribution in [1.29, 1.82) is 0 Å². The summed E-state index contributed by atoms with van der Waals surface area (Å²) in [6, 6.07) is 10.6. The molecule has 0 radical (unpaired) electrons. The summed E-state index contributed by atoms with van der Waals surface area (Å²) in [5.41, 5.74) is 0.517. The molecule has 3 aliphatic heterocycles. The highest BCUT2D eigenvalue weighted by Gasteiger charge is 2.65. The number of carbonyl (C=O) groups is 1. The molecule has 30 heavy (non-hydrogen) atoms. The minimum Gasteiger partial charge on any atom is -0.497 e. The Hall–Kier alpha value is -2.49. The molecule has 2 aromatic rings. The second kappa shape index (κ2) is 7.04. The van der Waals surface area contributed by atoms with Crippen molar-refractivity contribution < 1.29 is 22.7 Å². The fraction of sp³-hybridized carbons (Fsp3) is 0.429. The average molecular weight is 429 g/mol. The maximum atomic E-state index is 13.3. The normalized spacial score (nSPS) is 29.6. The van der Waals surface area contributed by atoms with Crippen LogP contribution in [0, 0.1) is 0 Å². The fourth-order valence-corrected chi connectivity index (χ4v) is 7.17. The van der Waals surface area contributed by atoms with Crippen LogP contribution in [-0.2, 0) is 21.3 Å². The minimum absolute atomic E-state index is 0.132. The van der Waals surface area contributed by atoms with Gasteiger partial charge in [0.1, 0.15) is 16.6 Å². The third-order valence-electron chi connectivity index (χ3n) is 6.22. The zero-order chi connectivity index (χ0) is 20.9. The highest BCUT2D eigenvalue weighted by molar-refractivity contribution is 7.90. The first-order chi connectivity index (χ1) is 14.4. The number of likely N-dealkylation sites (tertiary alicyclic amines) is 1. The van der Waals surface area contributed by atoms with Gasteiger partial charge in [-0.2, -0.15) is 4.31 Å². The number of aromatic nitrogens is 1. The SMILES string of the molecule is COc1cccc(C(=O)N2C[C@@H]3C[C@@H]4[C@@](C2)(CN(Cc2ccncc2)S4(=O)=O)O3)c1. The van der Waals surface area contributed by atoms with Gasteiger partial charge in [-0.05, 0) is 42.3 Å². The van der Waals surface area contributed by atoms with Crippen molar-refractivity contribution >= 4 is 15.9 Å². The molecule has 1 spiro atoms. The van der Waals surface area contributed by atoms with Crippen molar-refractivity contribution in [3.63, 3.8) is 0 Å². The average Bonchev–Trinajstić information content (AvgIpc) is 3.13. The number of benzene rings is 1. The summed E-state index contributed by atoms with van der Waals surface area (Å²) < 4.78 is 39.5. The predicted molar refractivity (Wildman–Crippen MR) is 108 cm³/mol. The van der Waals surface area contributed by atoms with E-state index in [1.54, 1.807) is 48.7 Å². The molecule has 1 aromatic carbocycles. The van der Waals surface area contributed by atoms with Crippen LogP contribution in [-0.4, -0.2) is 72.2 Å². The summed E-state index contributed by atoms with van der Waals surface area (Å²) in [7, 11) is -1.96. The lowest BCUT2D eigenvalue weighted by molar-refractivity contribution is -0.0980. The Morgan fingerprint density at radius 1 is 1.27 bits per heavy atom. The van der Waals surface area contributed by atoms with Crippen molar-refractivity contribution in [2.75, 3.05) is 26.7 Å². The van der Waals surface area contributed by atoms with E-state index in [0.29, 0.717) is 24.3 Å². The third-order valence-corrected chi connectivity index (χ3v) is 8.54. The van der Waals surface area contributed by atoms with Crippen LogP contribution in [0.15, 0.2) is 48.8 Å². The van der Waals surface area contributed by atoms with E-state index in [1.807, 2.05) is 12.1 Å². The van der Waals surface area contributed by atoms with E-state index in [9.17, 15) is 13.2 Å². The molecule has 9 heteroatoms. The first-order valence-corrected chi connectivity index (χ1v) is 11.4. The number of hydrogen-bond donors (Lipinski definition) is 0. The number of sulfonamides is 1. The van der Waals surface area contributed by atoms with E-state index in [0.717, 1.165) is 5.56 Å². The molecular weight excluding hydrogens is 406 g/mol. The first-order valence-electron chi connectivity index (χ1n) is 9.90. The van der Waals surface area contributed by atoms with Crippen molar-refractivity contribution in [1.82, 2.24) is 14.2 Å². The van der Waals surface area contributed by atoms with Gasteiger partial charge < -0.3 is 14.4 Å². The highest BCUT2D eigenvalue weighted by atomic mass is 32.2. The number of nitrogens with zero attached hydrogens (tertiary/aromatic N) is 3. The van der Waals surface area contributed by atoms with Crippen LogP contribution in [0.3, 0.4) is 0 Å². The second-order valence-electron chi connectivity index (χ2n) is 8.12. The number of carbonyl (C=O) groups excluding carboxylic acids is 1. The van der Waals surface area contributed by atoms with Gasteiger partial charge in [-0.15, -0.1) is 0 Å². The number of fused-ring (bicyclic) bond motifs is 1. The molecule has 2 bridgehead atoms. The summed E-state index contributed by atoms with van der Waals surface area (Å²) in [4.78, 5) is 18.9. The number of morpholine rings is 1. The van der Waals surface area contributed by atoms with Gasteiger partial charge in [0, 0.05) is 37.6 Å². The van der Waals surface area contributed by atoms with Gasteiger partial charge in [-0.25, -0.2) is 8.42 Å². The van der Waals surface area contributed by atoms with Crippen molar-refractivity contribution in [3.8, 4) is 5.75 Å². The Labute approximate surface area is 175 Å². The summed E-state index contributed by atoms with van der Waals surface area (Å²) in [5, 5.41) is -0.625. The Morgan fingerprint density at radius 3 is 2.83 bits per heavy atom. The monoisotopic (exact) mass is 429 g/mol. The predicted octanol–water partition coefficient (Wildman–Crippen LogP) is 1.29. The summed E-state index contributed by atoms with van der Waals surface area (Å²) in [6.45, 7) is 1.19. The zero-order valence-electron chi connectivity index (χ0n) is 16.6. The lowest BCUT2D eigenvalue weighted by Crippen LogP contribution is -2.56. The molecule has 0 aliphatic carbocycles. The second-order valence-corrected chi connectivity index (χ2v) is 10.2. The lowest BCUT2D eigenvalue weighted by Gasteiger charge is -2.39. The van der Waals surface area contributed by atoms with E-state index in [2.05, 4.69) is 4.98 Å². The van der Waals surface area contributed by atoms with Crippen molar-refractivity contribution in [3.05, 3.63) is 59.9 Å². The molecule has 3 atom stereocenters. The molecule has 3 aliphatic rings. The molecule has 3 fully saturated rings. The third kappa shape index (κ3) is 3.08. The van der Waals surface area contributed by atoms with E-state index in [1.165, 1.54) is 4.31 Å². The number of amides is 1. The molecule has 8 nitrogen and oxygen atoms in total. The number of methoxy groups -OCH3 is 1. The summed E-state index contributed by atoms with van der Waals surface area (Å²) in [6.07, 6.45) is 3.45. The van der Waals surface area contributed by atoms with Crippen LogP contribution in [0.2, 0.25) is 0 Å². The van der Waals surface area contributed by atoms with Crippen LogP contribution in [0.4, 0.5) is 0 Å². The van der Waals surface area contributed by atoms with Crippen LogP contribution in [0.25, 0.3) is 0 Å². The standard InChI is InChI=1S/C21H23N3O5S/c1-28-17-4-2-3-16(9-17)20(25)23-12-18-10-19-21(13-23,29-18)14-24(30(19,26)27)11-15-5-7-22-8-6-15/h2-9,18-19H,10-14H2,1H3/t18-,19+,21+/m0/s1. The van der Waals surface area contributed by atoms with E-state index < -0.39 is 20.9 Å². The van der Waals surface area contributed by atoms with Crippen LogP contribution >= 0.6 is 0 Å². The topological polar surface area (TPSA) is 89.0 Å². The highest BCUT2D eigenvalue weighted by Crippen LogP contribution is 2.47. The van der Waals surface area contributed by atoms with Crippen molar-refractivity contribution in [2.24, 2.45) is 0 Å². The van der Waals surface area contributed by atoms with Crippen LogP contribution in [0.1, 0.15) is 22.3 Å². The lowest BCUT2D eigenvalue weighted by atomic mass is 9.99. The molecular formula is C21H23N3O5S. The van der Waals surface area contributed by atoms with Gasteiger partial charge in [0.15, 0.2) is 0 Å². The number of rotatable bonds is 4. The van der Waals surface area contributed by atoms with Crippen molar-refractivity contribution in [2.45, 2.75) is 29.9 Å². The quantitative estimate of drug-likeness (QED) is 0.728. The fourth-order valence-electron chi connectivity index (χ4n) is 4.88. The van der Waals surface area contributed by atoms with Gasteiger partial charge in [0.2, 0.25) is 10.0 Å². The van der Waals surface area contributed by atoms with Gasteiger partial charge in [0.25, 0.3) is 5.91 Å². The molecule has 4 heterocycles. The Kier molecular flexibility index (Phi) is 4.57. The van der Waals surface area contributed by atoms with E-state index in [-0.39, 0.29) is 31.6 Å². The van der Waals surface area contributed by atoms with Gasteiger partial charge in [-0.3, -0.25) is 9.78 Å². The molecule has 0 saturated carbocycles.